The Labute approximate surface area is 149 Å². The summed E-state index contributed by atoms with van der Waals surface area (Å²) in [5, 5.41) is 0.523. The molecular formula is C19H15ClO5. The highest BCUT2D eigenvalue weighted by atomic mass is 35.5. The number of carbonyl (C=O) groups is 3. The molecule has 25 heavy (non-hydrogen) atoms. The van der Waals surface area contributed by atoms with Crippen molar-refractivity contribution >= 4 is 35.4 Å². The molecule has 0 amide bonds. The molecule has 0 aliphatic rings. The SMILES string of the molecule is COC(=O)c1ccc(/C=C/C(=O)OCC(=O)c2ccc(Cl)cc2)cc1. The molecule has 2 rings (SSSR count). The second-order valence-electron chi connectivity index (χ2n) is 4.98. The monoisotopic (exact) mass is 358 g/mol. The lowest BCUT2D eigenvalue weighted by Crippen LogP contribution is -2.12. The molecule has 128 valence electrons. The van der Waals surface area contributed by atoms with Crippen molar-refractivity contribution in [3.05, 3.63) is 76.3 Å². The van der Waals surface area contributed by atoms with E-state index in [0.717, 1.165) is 0 Å². The molecule has 2 aromatic rings. The van der Waals surface area contributed by atoms with Gasteiger partial charge in [-0.3, -0.25) is 4.79 Å². The van der Waals surface area contributed by atoms with Crippen LogP contribution < -0.4 is 0 Å². The summed E-state index contributed by atoms with van der Waals surface area (Å²) >= 11 is 5.75. The average molecular weight is 359 g/mol. The lowest BCUT2D eigenvalue weighted by atomic mass is 10.1. The summed E-state index contributed by atoms with van der Waals surface area (Å²) < 4.78 is 9.51. The number of benzene rings is 2. The molecule has 0 aromatic heterocycles. The quantitative estimate of drug-likeness (QED) is 0.448. The maximum Gasteiger partial charge on any atom is 0.337 e. The largest absolute Gasteiger partial charge is 0.465 e. The molecular weight excluding hydrogens is 344 g/mol. The number of ether oxygens (including phenoxy) is 2. The fourth-order valence-corrected chi connectivity index (χ4v) is 2.04. The molecule has 5 nitrogen and oxygen atoms in total. The molecule has 0 radical (unpaired) electrons. The number of hydrogen-bond acceptors (Lipinski definition) is 5. The van der Waals surface area contributed by atoms with Gasteiger partial charge in [0.1, 0.15) is 0 Å². The maximum atomic E-state index is 11.9. The second-order valence-corrected chi connectivity index (χ2v) is 5.42. The number of hydrogen-bond donors (Lipinski definition) is 0. The molecule has 0 atom stereocenters. The summed E-state index contributed by atoms with van der Waals surface area (Å²) in [6.45, 7) is -0.355. The van der Waals surface area contributed by atoms with E-state index in [0.29, 0.717) is 21.7 Å². The van der Waals surface area contributed by atoms with Gasteiger partial charge in [-0.15, -0.1) is 0 Å². The molecule has 0 spiro atoms. The molecule has 0 unspecified atom stereocenters. The highest BCUT2D eigenvalue weighted by Gasteiger charge is 2.08. The van der Waals surface area contributed by atoms with E-state index < -0.39 is 11.9 Å². The van der Waals surface area contributed by atoms with Gasteiger partial charge in [-0.05, 0) is 48.0 Å². The van der Waals surface area contributed by atoms with Gasteiger partial charge in [0.2, 0.25) is 0 Å². The Morgan fingerprint density at radius 2 is 1.56 bits per heavy atom. The normalized spacial score (nSPS) is 10.5. The molecule has 0 saturated carbocycles. The number of methoxy groups -OCH3 is 1. The van der Waals surface area contributed by atoms with Crippen molar-refractivity contribution in [3.63, 3.8) is 0 Å². The van der Waals surface area contributed by atoms with E-state index in [1.165, 1.54) is 19.3 Å². The molecule has 0 N–H and O–H groups in total. The minimum Gasteiger partial charge on any atom is -0.465 e. The first kappa shape index (κ1) is 18.4. The summed E-state index contributed by atoms with van der Waals surface area (Å²) in [5.41, 5.74) is 1.53. The van der Waals surface area contributed by atoms with Crippen LogP contribution in [0.1, 0.15) is 26.3 Å². The van der Waals surface area contributed by atoms with Gasteiger partial charge in [-0.2, -0.15) is 0 Å². The Kier molecular flexibility index (Phi) is 6.48. The van der Waals surface area contributed by atoms with E-state index in [4.69, 9.17) is 16.3 Å². The molecule has 2 aromatic carbocycles. The summed E-state index contributed by atoms with van der Waals surface area (Å²) in [6.07, 6.45) is 2.73. The Morgan fingerprint density at radius 1 is 0.960 bits per heavy atom. The van der Waals surface area contributed by atoms with Gasteiger partial charge < -0.3 is 9.47 Å². The summed E-state index contributed by atoms with van der Waals surface area (Å²) in [7, 11) is 1.30. The molecule has 6 heteroatoms. The summed E-state index contributed by atoms with van der Waals surface area (Å²) in [6, 6.07) is 12.8. The van der Waals surface area contributed by atoms with Gasteiger partial charge in [0, 0.05) is 16.7 Å². The number of esters is 2. The molecule has 0 bridgehead atoms. The van der Waals surface area contributed by atoms with E-state index in [1.54, 1.807) is 48.5 Å². The fourth-order valence-electron chi connectivity index (χ4n) is 1.92. The molecule has 0 saturated heterocycles. The minimum atomic E-state index is -0.639. The van der Waals surface area contributed by atoms with Gasteiger partial charge in [-0.25, -0.2) is 9.59 Å². The van der Waals surface area contributed by atoms with Gasteiger partial charge in [0.25, 0.3) is 0 Å². The smallest absolute Gasteiger partial charge is 0.337 e. The number of rotatable bonds is 6. The topological polar surface area (TPSA) is 69.7 Å². The number of ketones is 1. The van der Waals surface area contributed by atoms with Crippen molar-refractivity contribution in [2.75, 3.05) is 13.7 Å². The van der Waals surface area contributed by atoms with E-state index in [2.05, 4.69) is 4.74 Å². The number of carbonyl (C=O) groups excluding carboxylic acids is 3. The first-order chi connectivity index (χ1) is 12.0. The highest BCUT2D eigenvalue weighted by Crippen LogP contribution is 2.10. The molecule has 0 aliphatic heterocycles. The van der Waals surface area contributed by atoms with Crippen LogP contribution in [0.25, 0.3) is 6.08 Å². The third kappa shape index (κ3) is 5.58. The predicted molar refractivity (Wildman–Crippen MR) is 93.6 cm³/mol. The molecule has 0 fully saturated rings. The Hall–Kier alpha value is -2.92. The molecule has 0 heterocycles. The second kappa shape index (κ2) is 8.80. The summed E-state index contributed by atoms with van der Waals surface area (Å²) in [5.74, 6) is -1.39. The van der Waals surface area contributed by atoms with Crippen molar-refractivity contribution in [3.8, 4) is 0 Å². The van der Waals surface area contributed by atoms with Gasteiger partial charge >= 0.3 is 11.9 Å². The van der Waals surface area contributed by atoms with Gasteiger partial charge in [0.15, 0.2) is 12.4 Å². The first-order valence-electron chi connectivity index (χ1n) is 7.31. The summed E-state index contributed by atoms with van der Waals surface area (Å²) in [4.78, 5) is 34.9. The lowest BCUT2D eigenvalue weighted by molar-refractivity contribution is -0.136. The van der Waals surface area contributed by atoms with E-state index in [1.807, 2.05) is 0 Å². The lowest BCUT2D eigenvalue weighted by Gasteiger charge is -2.02. The first-order valence-corrected chi connectivity index (χ1v) is 7.69. The predicted octanol–water partition coefficient (Wildman–Crippen LogP) is 3.57. The van der Waals surface area contributed by atoms with E-state index in [-0.39, 0.29) is 12.4 Å². The van der Waals surface area contributed by atoms with E-state index in [9.17, 15) is 14.4 Å². The van der Waals surface area contributed by atoms with Crippen molar-refractivity contribution in [1.29, 1.82) is 0 Å². The van der Waals surface area contributed by atoms with Crippen molar-refractivity contribution < 1.29 is 23.9 Å². The standard InChI is InChI=1S/C19H15ClO5/c1-24-19(23)15-5-2-13(3-6-15)4-11-18(22)25-12-17(21)14-7-9-16(20)10-8-14/h2-11H,12H2,1H3/b11-4+. The van der Waals surface area contributed by atoms with Crippen molar-refractivity contribution in [1.82, 2.24) is 0 Å². The van der Waals surface area contributed by atoms with Crippen LogP contribution in [-0.4, -0.2) is 31.4 Å². The van der Waals surface area contributed by atoms with Crippen LogP contribution in [0.2, 0.25) is 5.02 Å². The van der Waals surface area contributed by atoms with Gasteiger partial charge in [0.05, 0.1) is 12.7 Å². The number of Topliss-reactive ketones (excluding diaryl/α,β-unsaturated/α-hetero) is 1. The maximum absolute atomic E-state index is 11.9. The van der Waals surface area contributed by atoms with Crippen LogP contribution in [0.5, 0.6) is 0 Å². The van der Waals surface area contributed by atoms with Crippen LogP contribution in [-0.2, 0) is 14.3 Å². The van der Waals surface area contributed by atoms with Crippen LogP contribution in [0, 0.1) is 0 Å². The zero-order valence-corrected chi connectivity index (χ0v) is 14.2. The van der Waals surface area contributed by atoms with Crippen LogP contribution >= 0.6 is 11.6 Å². The van der Waals surface area contributed by atoms with Crippen molar-refractivity contribution in [2.24, 2.45) is 0 Å². The third-order valence-corrected chi connectivity index (χ3v) is 3.51. The minimum absolute atomic E-state index is 0.319. The van der Waals surface area contributed by atoms with Crippen molar-refractivity contribution in [2.45, 2.75) is 0 Å². The zero-order chi connectivity index (χ0) is 18.2. The molecule has 0 aliphatic carbocycles. The van der Waals surface area contributed by atoms with E-state index >= 15 is 0 Å². The van der Waals surface area contributed by atoms with Crippen LogP contribution in [0.4, 0.5) is 0 Å². The Bertz CT molecular complexity index is 792. The van der Waals surface area contributed by atoms with Crippen LogP contribution in [0.3, 0.4) is 0 Å². The zero-order valence-electron chi connectivity index (χ0n) is 13.4. The highest BCUT2D eigenvalue weighted by molar-refractivity contribution is 6.30. The van der Waals surface area contributed by atoms with Crippen LogP contribution in [0.15, 0.2) is 54.6 Å². The Morgan fingerprint density at radius 3 is 2.16 bits per heavy atom. The fraction of sp³-hybridized carbons (Fsp3) is 0.105. The van der Waals surface area contributed by atoms with Gasteiger partial charge in [-0.1, -0.05) is 23.7 Å². The average Bonchev–Trinajstić information content (AvgIpc) is 2.64. The Balaban J connectivity index is 1.87. The third-order valence-electron chi connectivity index (χ3n) is 3.26. The number of halogens is 1.